The van der Waals surface area contributed by atoms with Gasteiger partial charge in [0.15, 0.2) is 0 Å². The lowest BCUT2D eigenvalue weighted by Crippen LogP contribution is -2.15. The molecular formula is C16H21N3OS. The molecule has 1 aromatic carbocycles. The van der Waals surface area contributed by atoms with Gasteiger partial charge in [-0.1, -0.05) is 6.07 Å². The van der Waals surface area contributed by atoms with Crippen molar-refractivity contribution >= 4 is 23.4 Å². The summed E-state index contributed by atoms with van der Waals surface area (Å²) in [6, 6.07) is 6.26. The van der Waals surface area contributed by atoms with Gasteiger partial charge >= 0.3 is 0 Å². The molecule has 1 heterocycles. The Hall–Kier alpha value is -1.75. The van der Waals surface area contributed by atoms with Gasteiger partial charge in [0.25, 0.3) is 0 Å². The van der Waals surface area contributed by atoms with E-state index in [0.29, 0.717) is 5.75 Å². The highest BCUT2D eigenvalue weighted by atomic mass is 32.2. The highest BCUT2D eigenvalue weighted by Crippen LogP contribution is 2.22. The number of carbonyl (C=O) groups is 1. The van der Waals surface area contributed by atoms with Crippen molar-refractivity contribution in [3.8, 4) is 0 Å². The lowest BCUT2D eigenvalue weighted by Gasteiger charge is -2.07. The number of benzene rings is 1. The van der Waals surface area contributed by atoms with E-state index in [-0.39, 0.29) is 5.91 Å². The van der Waals surface area contributed by atoms with Gasteiger partial charge in [-0.25, -0.2) is 0 Å². The van der Waals surface area contributed by atoms with Crippen LogP contribution in [-0.4, -0.2) is 21.4 Å². The van der Waals surface area contributed by atoms with Crippen LogP contribution < -0.4 is 5.32 Å². The molecule has 21 heavy (non-hydrogen) atoms. The van der Waals surface area contributed by atoms with Crippen LogP contribution in [0.4, 0.5) is 5.69 Å². The van der Waals surface area contributed by atoms with E-state index < -0.39 is 0 Å². The van der Waals surface area contributed by atoms with E-state index in [4.69, 9.17) is 0 Å². The Balaban J connectivity index is 1.97. The minimum absolute atomic E-state index is 0.00238. The van der Waals surface area contributed by atoms with Crippen LogP contribution in [-0.2, 0) is 11.8 Å². The zero-order valence-corrected chi connectivity index (χ0v) is 14.0. The van der Waals surface area contributed by atoms with Gasteiger partial charge in [-0.2, -0.15) is 5.10 Å². The zero-order chi connectivity index (χ0) is 15.6. The molecule has 1 aromatic heterocycles. The van der Waals surface area contributed by atoms with Crippen molar-refractivity contribution in [1.29, 1.82) is 0 Å². The second-order valence-corrected chi connectivity index (χ2v) is 6.30. The van der Waals surface area contributed by atoms with Gasteiger partial charge in [0.2, 0.25) is 5.91 Å². The molecule has 1 amide bonds. The number of hydrogen-bond acceptors (Lipinski definition) is 3. The molecule has 0 aliphatic rings. The Morgan fingerprint density at radius 2 is 1.95 bits per heavy atom. The van der Waals surface area contributed by atoms with Gasteiger partial charge in [-0.3, -0.25) is 9.48 Å². The maximum Gasteiger partial charge on any atom is 0.234 e. The Kier molecular flexibility index (Phi) is 4.73. The maximum atomic E-state index is 12.1. The molecule has 2 rings (SSSR count). The predicted molar refractivity (Wildman–Crippen MR) is 88.0 cm³/mol. The van der Waals surface area contributed by atoms with Crippen molar-refractivity contribution in [1.82, 2.24) is 9.78 Å². The number of aryl methyl sites for hydroxylation is 4. The average molecular weight is 303 g/mol. The van der Waals surface area contributed by atoms with E-state index in [1.165, 1.54) is 11.1 Å². The molecule has 0 fully saturated rings. The van der Waals surface area contributed by atoms with Crippen molar-refractivity contribution in [3.05, 3.63) is 40.7 Å². The zero-order valence-electron chi connectivity index (χ0n) is 13.2. The highest BCUT2D eigenvalue weighted by molar-refractivity contribution is 8.00. The first-order chi connectivity index (χ1) is 9.88. The molecule has 0 saturated carbocycles. The summed E-state index contributed by atoms with van der Waals surface area (Å²) in [5.41, 5.74) is 5.16. The molecule has 2 aromatic rings. The number of anilines is 1. The molecule has 0 saturated heterocycles. The lowest BCUT2D eigenvalue weighted by atomic mass is 10.1. The van der Waals surface area contributed by atoms with Crippen molar-refractivity contribution in [2.75, 3.05) is 11.1 Å². The molecule has 112 valence electrons. The number of nitrogens with zero attached hydrogens (tertiary/aromatic N) is 2. The molecule has 1 N–H and O–H groups in total. The van der Waals surface area contributed by atoms with E-state index in [1.807, 2.05) is 20.9 Å². The molecule has 0 bridgehead atoms. The minimum Gasteiger partial charge on any atom is -0.322 e. The number of amides is 1. The van der Waals surface area contributed by atoms with E-state index in [0.717, 1.165) is 22.0 Å². The summed E-state index contributed by atoms with van der Waals surface area (Å²) in [6.45, 7) is 8.03. The number of carbonyl (C=O) groups excluding carboxylic acids is 1. The van der Waals surface area contributed by atoms with Crippen LogP contribution in [0.5, 0.6) is 0 Å². The quantitative estimate of drug-likeness (QED) is 0.881. The minimum atomic E-state index is -0.00238. The second-order valence-electron chi connectivity index (χ2n) is 5.25. The van der Waals surface area contributed by atoms with Crippen LogP contribution in [0, 0.1) is 27.7 Å². The summed E-state index contributed by atoms with van der Waals surface area (Å²) >= 11 is 1.55. The summed E-state index contributed by atoms with van der Waals surface area (Å²) in [4.78, 5) is 13.2. The van der Waals surface area contributed by atoms with Crippen LogP contribution in [0.25, 0.3) is 0 Å². The Morgan fingerprint density at radius 3 is 2.52 bits per heavy atom. The first-order valence-corrected chi connectivity index (χ1v) is 7.87. The molecule has 0 aliphatic carbocycles. The molecule has 0 aliphatic heterocycles. The van der Waals surface area contributed by atoms with Gasteiger partial charge < -0.3 is 5.32 Å². The van der Waals surface area contributed by atoms with Gasteiger partial charge in [0, 0.05) is 11.9 Å². The fourth-order valence-electron chi connectivity index (χ4n) is 2.08. The van der Waals surface area contributed by atoms with Crippen LogP contribution >= 0.6 is 11.8 Å². The third-order valence-electron chi connectivity index (χ3n) is 3.62. The molecule has 0 radical (unpaired) electrons. The third-order valence-corrected chi connectivity index (χ3v) is 4.62. The molecule has 4 nitrogen and oxygen atoms in total. The molecule has 0 spiro atoms. The first kappa shape index (κ1) is 15.6. The SMILES string of the molecule is Cc1ccc(SCC(=O)Nc2c(C)nn(C)c2C)cc1C. The molecule has 5 heteroatoms. The second kappa shape index (κ2) is 6.35. The number of thioether (sulfide) groups is 1. The first-order valence-electron chi connectivity index (χ1n) is 6.88. The lowest BCUT2D eigenvalue weighted by molar-refractivity contribution is -0.113. The smallest absolute Gasteiger partial charge is 0.234 e. The fraction of sp³-hybridized carbons (Fsp3) is 0.375. The van der Waals surface area contributed by atoms with Crippen molar-refractivity contribution < 1.29 is 4.79 Å². The largest absolute Gasteiger partial charge is 0.322 e. The van der Waals surface area contributed by atoms with Gasteiger partial charge in [0.05, 0.1) is 22.8 Å². The molecule has 0 unspecified atom stereocenters. The third kappa shape index (κ3) is 3.67. The number of nitrogens with one attached hydrogen (secondary N) is 1. The van der Waals surface area contributed by atoms with E-state index in [9.17, 15) is 4.79 Å². The summed E-state index contributed by atoms with van der Waals surface area (Å²) in [5.74, 6) is 0.397. The van der Waals surface area contributed by atoms with Gasteiger partial charge in [-0.05, 0) is 51.0 Å². The Labute approximate surface area is 129 Å². The van der Waals surface area contributed by atoms with Gasteiger partial charge in [-0.15, -0.1) is 11.8 Å². The van der Waals surface area contributed by atoms with Crippen LogP contribution in [0.15, 0.2) is 23.1 Å². The molecule has 0 atom stereocenters. The summed E-state index contributed by atoms with van der Waals surface area (Å²) < 4.78 is 1.78. The molecular weight excluding hydrogens is 282 g/mol. The number of hydrogen-bond donors (Lipinski definition) is 1. The standard InChI is InChI=1S/C16H21N3OS/c1-10-6-7-14(8-11(10)2)21-9-15(20)17-16-12(3)18-19(5)13(16)4/h6-8H,9H2,1-5H3,(H,17,20). The van der Waals surface area contributed by atoms with Crippen LogP contribution in [0.2, 0.25) is 0 Å². The van der Waals surface area contributed by atoms with Crippen molar-refractivity contribution in [3.63, 3.8) is 0 Å². The summed E-state index contributed by atoms with van der Waals surface area (Å²) in [7, 11) is 1.88. The topological polar surface area (TPSA) is 46.9 Å². The van der Waals surface area contributed by atoms with Crippen LogP contribution in [0.1, 0.15) is 22.5 Å². The average Bonchev–Trinajstić information content (AvgIpc) is 2.67. The number of aromatic nitrogens is 2. The summed E-state index contributed by atoms with van der Waals surface area (Å²) in [5, 5.41) is 7.25. The summed E-state index contributed by atoms with van der Waals surface area (Å²) in [6.07, 6.45) is 0. The van der Waals surface area contributed by atoms with Gasteiger partial charge in [0.1, 0.15) is 0 Å². The number of rotatable bonds is 4. The van der Waals surface area contributed by atoms with E-state index >= 15 is 0 Å². The Bertz CT molecular complexity index is 676. The van der Waals surface area contributed by atoms with Crippen molar-refractivity contribution in [2.24, 2.45) is 7.05 Å². The normalized spacial score (nSPS) is 10.7. The van der Waals surface area contributed by atoms with Crippen LogP contribution in [0.3, 0.4) is 0 Å². The van der Waals surface area contributed by atoms with E-state index in [1.54, 1.807) is 16.4 Å². The fourth-order valence-corrected chi connectivity index (χ4v) is 2.88. The van der Waals surface area contributed by atoms with E-state index in [2.05, 4.69) is 42.5 Å². The van der Waals surface area contributed by atoms with Crippen molar-refractivity contribution in [2.45, 2.75) is 32.6 Å². The maximum absolute atomic E-state index is 12.1. The highest BCUT2D eigenvalue weighted by Gasteiger charge is 2.12. The Morgan fingerprint density at radius 1 is 1.24 bits per heavy atom. The predicted octanol–water partition coefficient (Wildman–Crippen LogP) is 3.38. The monoisotopic (exact) mass is 303 g/mol.